The van der Waals surface area contributed by atoms with Crippen LogP contribution in [0.5, 0.6) is 5.75 Å². The van der Waals surface area contributed by atoms with E-state index in [1.54, 1.807) is 19.3 Å². The lowest BCUT2D eigenvalue weighted by Gasteiger charge is -2.13. The normalized spacial score (nSPS) is 19.3. The molecule has 18 heavy (non-hydrogen) atoms. The second kappa shape index (κ2) is 4.38. The van der Waals surface area contributed by atoms with Crippen molar-refractivity contribution < 1.29 is 9.47 Å². The van der Waals surface area contributed by atoms with Crippen LogP contribution in [0.3, 0.4) is 0 Å². The molecular formula is C12H13N3O3. The minimum absolute atomic E-state index is 0.0419. The minimum atomic E-state index is -0.187. The maximum atomic E-state index is 12.1. The van der Waals surface area contributed by atoms with Crippen molar-refractivity contribution >= 4 is 11.0 Å². The zero-order chi connectivity index (χ0) is 12.5. The molecule has 1 saturated heterocycles. The molecule has 0 aromatic carbocycles. The van der Waals surface area contributed by atoms with E-state index in [2.05, 4.69) is 9.97 Å². The Morgan fingerprint density at radius 1 is 1.56 bits per heavy atom. The molecule has 2 aromatic heterocycles. The van der Waals surface area contributed by atoms with Crippen LogP contribution < -0.4 is 10.3 Å². The Kier molecular flexibility index (Phi) is 2.71. The summed E-state index contributed by atoms with van der Waals surface area (Å²) in [5.74, 6) is 0.329. The summed E-state index contributed by atoms with van der Waals surface area (Å²) in [6.07, 6.45) is 3.86. The summed E-state index contributed by atoms with van der Waals surface area (Å²) in [5.41, 5.74) is 0.415. The van der Waals surface area contributed by atoms with Gasteiger partial charge in [-0.3, -0.25) is 9.36 Å². The maximum absolute atomic E-state index is 12.1. The number of aromatic nitrogens is 3. The van der Waals surface area contributed by atoms with E-state index < -0.39 is 0 Å². The van der Waals surface area contributed by atoms with E-state index in [0.29, 0.717) is 24.6 Å². The van der Waals surface area contributed by atoms with Crippen LogP contribution in [-0.4, -0.2) is 33.9 Å². The molecule has 6 nitrogen and oxygen atoms in total. The second-order valence-corrected chi connectivity index (χ2v) is 4.28. The quantitative estimate of drug-likeness (QED) is 0.773. The van der Waals surface area contributed by atoms with Crippen molar-refractivity contribution in [3.05, 3.63) is 28.9 Å². The van der Waals surface area contributed by atoms with Gasteiger partial charge in [-0.1, -0.05) is 0 Å². The van der Waals surface area contributed by atoms with Gasteiger partial charge < -0.3 is 9.47 Å². The smallest absolute Gasteiger partial charge is 0.294 e. The van der Waals surface area contributed by atoms with Gasteiger partial charge in [0.1, 0.15) is 18.1 Å². The van der Waals surface area contributed by atoms with Crippen LogP contribution >= 0.6 is 0 Å². The Morgan fingerprint density at radius 2 is 2.44 bits per heavy atom. The molecule has 0 bridgehead atoms. The van der Waals surface area contributed by atoms with Crippen molar-refractivity contribution in [3.63, 3.8) is 0 Å². The first-order chi connectivity index (χ1) is 8.75. The number of nitrogens with zero attached hydrogens (tertiary/aromatic N) is 3. The van der Waals surface area contributed by atoms with E-state index in [-0.39, 0.29) is 11.7 Å². The first-order valence-corrected chi connectivity index (χ1v) is 5.80. The van der Waals surface area contributed by atoms with Crippen molar-refractivity contribution in [2.24, 2.45) is 7.05 Å². The lowest BCUT2D eigenvalue weighted by molar-refractivity contribution is 0.140. The molecule has 1 aliphatic heterocycles. The summed E-state index contributed by atoms with van der Waals surface area (Å²) >= 11 is 0. The Balaban J connectivity index is 2.06. The Hall–Kier alpha value is -1.95. The van der Waals surface area contributed by atoms with Crippen molar-refractivity contribution in [2.75, 3.05) is 13.2 Å². The third kappa shape index (κ3) is 1.84. The summed E-state index contributed by atoms with van der Waals surface area (Å²) in [5, 5.41) is 0.786. The fraction of sp³-hybridized carbons (Fsp3) is 0.417. The molecule has 0 saturated carbocycles. The van der Waals surface area contributed by atoms with E-state index >= 15 is 0 Å². The highest BCUT2D eigenvalue weighted by Gasteiger charge is 2.19. The second-order valence-electron chi connectivity index (χ2n) is 4.28. The summed E-state index contributed by atoms with van der Waals surface area (Å²) in [6.45, 7) is 1.22. The predicted octanol–water partition coefficient (Wildman–Crippen LogP) is 0.496. The van der Waals surface area contributed by atoms with Crippen molar-refractivity contribution in [1.29, 1.82) is 0 Å². The minimum Gasteiger partial charge on any atom is -0.482 e. The Morgan fingerprint density at radius 3 is 3.22 bits per heavy atom. The number of ether oxygens (including phenoxy) is 2. The third-order valence-electron chi connectivity index (χ3n) is 3.02. The number of aryl methyl sites for hydroxylation is 1. The maximum Gasteiger partial charge on any atom is 0.294 e. The monoisotopic (exact) mass is 247 g/mol. The van der Waals surface area contributed by atoms with E-state index in [1.807, 2.05) is 0 Å². The first kappa shape index (κ1) is 11.2. The molecule has 0 spiro atoms. The van der Waals surface area contributed by atoms with Gasteiger partial charge in [-0.15, -0.1) is 0 Å². The van der Waals surface area contributed by atoms with Crippen molar-refractivity contribution in [1.82, 2.24) is 14.5 Å². The number of fused-ring (bicyclic) bond motifs is 1. The molecule has 1 atom stereocenters. The highest BCUT2D eigenvalue weighted by atomic mass is 16.5. The molecule has 3 heterocycles. The predicted molar refractivity (Wildman–Crippen MR) is 64.6 cm³/mol. The van der Waals surface area contributed by atoms with Gasteiger partial charge in [-0.25, -0.2) is 9.97 Å². The van der Waals surface area contributed by atoms with Gasteiger partial charge in [-0.05, 0) is 6.07 Å². The fourth-order valence-electron chi connectivity index (χ4n) is 2.05. The molecule has 1 aliphatic rings. The average molecular weight is 247 g/mol. The molecule has 3 rings (SSSR count). The SMILES string of the molecule is Cn1c(=O)c(O[C@H]2CCOC2)cc2cncnc21. The number of hydrogen-bond donors (Lipinski definition) is 0. The molecule has 0 amide bonds. The summed E-state index contributed by atoms with van der Waals surface area (Å²) in [4.78, 5) is 20.1. The van der Waals surface area contributed by atoms with Crippen LogP contribution in [-0.2, 0) is 11.8 Å². The fourth-order valence-corrected chi connectivity index (χ4v) is 2.05. The molecule has 0 aliphatic carbocycles. The van der Waals surface area contributed by atoms with Crippen LogP contribution in [0.1, 0.15) is 6.42 Å². The van der Waals surface area contributed by atoms with Gasteiger partial charge in [0.25, 0.3) is 5.56 Å². The van der Waals surface area contributed by atoms with E-state index in [1.165, 1.54) is 10.9 Å². The van der Waals surface area contributed by atoms with Gasteiger partial charge in [-0.2, -0.15) is 0 Å². The van der Waals surface area contributed by atoms with E-state index in [9.17, 15) is 4.79 Å². The summed E-state index contributed by atoms with van der Waals surface area (Å²) in [6, 6.07) is 1.69. The Bertz CT molecular complexity index is 632. The van der Waals surface area contributed by atoms with Crippen LogP contribution in [0.4, 0.5) is 0 Å². The molecule has 6 heteroatoms. The lowest BCUT2D eigenvalue weighted by atomic mass is 10.3. The van der Waals surface area contributed by atoms with E-state index in [0.717, 1.165) is 11.8 Å². The van der Waals surface area contributed by atoms with Crippen molar-refractivity contribution in [3.8, 4) is 5.75 Å². The van der Waals surface area contributed by atoms with Crippen LogP contribution in [0.25, 0.3) is 11.0 Å². The zero-order valence-corrected chi connectivity index (χ0v) is 10.00. The topological polar surface area (TPSA) is 66.2 Å². The molecule has 0 radical (unpaired) electrons. The lowest BCUT2D eigenvalue weighted by Crippen LogP contribution is -2.25. The highest BCUT2D eigenvalue weighted by Crippen LogP contribution is 2.17. The van der Waals surface area contributed by atoms with E-state index in [4.69, 9.17) is 9.47 Å². The number of pyridine rings is 1. The third-order valence-corrected chi connectivity index (χ3v) is 3.02. The molecule has 2 aromatic rings. The largest absolute Gasteiger partial charge is 0.482 e. The van der Waals surface area contributed by atoms with Gasteiger partial charge in [0.05, 0.1) is 13.2 Å². The molecule has 0 unspecified atom stereocenters. The summed E-state index contributed by atoms with van der Waals surface area (Å²) < 4.78 is 12.4. The number of hydrogen-bond acceptors (Lipinski definition) is 5. The van der Waals surface area contributed by atoms with Crippen LogP contribution in [0, 0.1) is 0 Å². The van der Waals surface area contributed by atoms with Gasteiger partial charge in [0.15, 0.2) is 5.75 Å². The standard InChI is InChI=1S/C12H13N3O3/c1-15-11-8(5-13-7-14-11)4-10(12(15)16)18-9-2-3-17-6-9/h4-5,7,9H,2-3,6H2,1H3/t9-/m0/s1. The van der Waals surface area contributed by atoms with Crippen LogP contribution in [0.15, 0.2) is 23.4 Å². The molecule has 94 valence electrons. The molecule has 1 fully saturated rings. The highest BCUT2D eigenvalue weighted by molar-refractivity contribution is 5.75. The summed E-state index contributed by atoms with van der Waals surface area (Å²) in [7, 11) is 1.68. The van der Waals surface area contributed by atoms with Crippen molar-refractivity contribution in [2.45, 2.75) is 12.5 Å². The Labute approximate surface area is 103 Å². The first-order valence-electron chi connectivity index (χ1n) is 5.80. The van der Waals surface area contributed by atoms with Crippen LogP contribution in [0.2, 0.25) is 0 Å². The average Bonchev–Trinajstić information content (AvgIpc) is 2.89. The number of rotatable bonds is 2. The van der Waals surface area contributed by atoms with Gasteiger partial charge in [0, 0.05) is 25.1 Å². The molecule has 0 N–H and O–H groups in total. The zero-order valence-electron chi connectivity index (χ0n) is 10.00. The van der Waals surface area contributed by atoms with Gasteiger partial charge in [0.2, 0.25) is 0 Å². The molecular weight excluding hydrogens is 234 g/mol. The van der Waals surface area contributed by atoms with Gasteiger partial charge >= 0.3 is 0 Å².